The molecule has 0 fully saturated rings. The molecular weight excluding hydrogens is 316 g/mol. The van der Waals surface area contributed by atoms with Crippen LogP contribution < -0.4 is 4.74 Å². The molecule has 0 N–H and O–H groups in total. The average molecular weight is 331 g/mol. The van der Waals surface area contributed by atoms with Crippen molar-refractivity contribution in [3.05, 3.63) is 51.6 Å². The maximum absolute atomic E-state index is 9.13. The van der Waals surface area contributed by atoms with Gasteiger partial charge in [0.1, 0.15) is 17.4 Å². The van der Waals surface area contributed by atoms with Gasteiger partial charge in [0, 0.05) is 10.2 Å². The number of hydrogen-bond donors (Lipinski definition) is 0. The summed E-state index contributed by atoms with van der Waals surface area (Å²) < 4.78 is 6.88. The van der Waals surface area contributed by atoms with Gasteiger partial charge in [-0.1, -0.05) is 29.8 Å². The summed E-state index contributed by atoms with van der Waals surface area (Å²) in [6, 6.07) is 11.5. The molecule has 0 radical (unpaired) electrons. The van der Waals surface area contributed by atoms with Crippen LogP contribution in [0.3, 0.4) is 0 Å². The van der Waals surface area contributed by atoms with Crippen molar-refractivity contribution in [1.82, 2.24) is 4.98 Å². The minimum absolute atomic E-state index is 0.317. The molecule has 1 heterocycles. The van der Waals surface area contributed by atoms with Crippen LogP contribution in [0, 0.1) is 18.3 Å². The number of nitrogens with zero attached hydrogens (tertiary/aromatic N) is 2. The molecule has 0 atom stereocenters. The molecule has 0 aliphatic carbocycles. The van der Waals surface area contributed by atoms with Crippen LogP contribution >= 0.6 is 15.9 Å². The second-order valence-electron chi connectivity index (χ2n) is 4.86. The molecule has 0 unspecified atom stereocenters. The van der Waals surface area contributed by atoms with E-state index in [0.717, 1.165) is 21.5 Å². The van der Waals surface area contributed by atoms with Crippen molar-refractivity contribution in [3.63, 3.8) is 0 Å². The predicted octanol–water partition coefficient (Wildman–Crippen LogP) is 4.94. The molecule has 20 heavy (non-hydrogen) atoms. The minimum Gasteiger partial charge on any atom is -0.437 e. The Kier molecular flexibility index (Phi) is 4.41. The monoisotopic (exact) mass is 330 g/mol. The molecule has 2 rings (SSSR count). The fourth-order valence-corrected chi connectivity index (χ4v) is 2.24. The number of benzene rings is 1. The summed E-state index contributed by atoms with van der Waals surface area (Å²) >= 11 is 3.47. The van der Waals surface area contributed by atoms with Gasteiger partial charge in [-0.2, -0.15) is 5.26 Å². The molecule has 0 spiro atoms. The summed E-state index contributed by atoms with van der Waals surface area (Å²) in [6.07, 6.45) is 0. The first-order valence-electron chi connectivity index (χ1n) is 6.36. The average Bonchev–Trinajstić information content (AvgIpc) is 2.41. The Hall–Kier alpha value is -1.86. The van der Waals surface area contributed by atoms with E-state index in [2.05, 4.69) is 40.8 Å². The summed E-state index contributed by atoms with van der Waals surface area (Å²) in [4.78, 5) is 4.31. The van der Waals surface area contributed by atoms with E-state index in [1.54, 1.807) is 12.1 Å². The molecule has 0 saturated carbocycles. The Morgan fingerprint density at radius 1 is 1.25 bits per heavy atom. The summed E-state index contributed by atoms with van der Waals surface area (Å²) in [5.41, 5.74) is 2.34. The Bertz CT molecular complexity index is 675. The Morgan fingerprint density at radius 2 is 2.00 bits per heavy atom. The Balaban J connectivity index is 2.45. The summed E-state index contributed by atoms with van der Waals surface area (Å²) in [5.74, 6) is 1.41. The fraction of sp³-hybridized carbons (Fsp3) is 0.250. The number of hydrogen-bond acceptors (Lipinski definition) is 3. The number of pyridine rings is 1. The number of rotatable bonds is 3. The zero-order valence-electron chi connectivity index (χ0n) is 11.6. The highest BCUT2D eigenvalue weighted by Gasteiger charge is 2.13. The standard InChI is InChI=1S/C16H15BrN2O/c1-10(2)14-8-13(17)6-7-15(14)20-16-12(9-18)5-4-11(3)19-16/h4-8,10H,1-3H3. The zero-order valence-corrected chi connectivity index (χ0v) is 13.2. The van der Waals surface area contributed by atoms with Crippen LogP contribution in [0.4, 0.5) is 0 Å². The number of nitriles is 1. The van der Waals surface area contributed by atoms with E-state index >= 15 is 0 Å². The van der Waals surface area contributed by atoms with Crippen molar-refractivity contribution in [1.29, 1.82) is 5.26 Å². The molecule has 0 amide bonds. The third kappa shape index (κ3) is 3.17. The fourth-order valence-electron chi connectivity index (χ4n) is 1.86. The van der Waals surface area contributed by atoms with Gasteiger partial charge < -0.3 is 4.74 Å². The van der Waals surface area contributed by atoms with Gasteiger partial charge in [-0.3, -0.25) is 0 Å². The van der Waals surface area contributed by atoms with E-state index in [9.17, 15) is 0 Å². The van der Waals surface area contributed by atoms with Crippen molar-refractivity contribution < 1.29 is 4.74 Å². The molecular formula is C16H15BrN2O. The van der Waals surface area contributed by atoms with Crippen LogP contribution in [0.15, 0.2) is 34.8 Å². The molecule has 1 aromatic carbocycles. The van der Waals surface area contributed by atoms with Crippen molar-refractivity contribution in [2.75, 3.05) is 0 Å². The van der Waals surface area contributed by atoms with Gasteiger partial charge in [-0.05, 0) is 48.7 Å². The smallest absolute Gasteiger partial charge is 0.237 e. The van der Waals surface area contributed by atoms with Gasteiger partial charge in [0.25, 0.3) is 0 Å². The van der Waals surface area contributed by atoms with E-state index in [1.165, 1.54) is 0 Å². The maximum Gasteiger partial charge on any atom is 0.237 e. The quantitative estimate of drug-likeness (QED) is 0.800. The van der Waals surface area contributed by atoms with Gasteiger partial charge in [0.05, 0.1) is 0 Å². The third-order valence-electron chi connectivity index (χ3n) is 2.92. The van der Waals surface area contributed by atoms with Crippen molar-refractivity contribution >= 4 is 15.9 Å². The van der Waals surface area contributed by atoms with E-state index < -0.39 is 0 Å². The van der Waals surface area contributed by atoms with Gasteiger partial charge in [-0.25, -0.2) is 4.98 Å². The number of aromatic nitrogens is 1. The highest BCUT2D eigenvalue weighted by Crippen LogP contribution is 2.33. The highest BCUT2D eigenvalue weighted by molar-refractivity contribution is 9.10. The van der Waals surface area contributed by atoms with Crippen molar-refractivity contribution in [2.24, 2.45) is 0 Å². The normalized spacial score (nSPS) is 10.4. The molecule has 4 heteroatoms. The molecule has 0 bridgehead atoms. The molecule has 0 saturated heterocycles. The third-order valence-corrected chi connectivity index (χ3v) is 3.41. The highest BCUT2D eigenvalue weighted by atomic mass is 79.9. The molecule has 102 valence electrons. The van der Waals surface area contributed by atoms with E-state index in [1.807, 2.05) is 25.1 Å². The number of ether oxygens (including phenoxy) is 1. The second-order valence-corrected chi connectivity index (χ2v) is 5.77. The summed E-state index contributed by atoms with van der Waals surface area (Å²) in [5, 5.41) is 9.13. The lowest BCUT2D eigenvalue weighted by Crippen LogP contribution is -1.98. The lowest BCUT2D eigenvalue weighted by atomic mass is 10.0. The molecule has 1 aromatic heterocycles. The SMILES string of the molecule is Cc1ccc(C#N)c(Oc2ccc(Br)cc2C(C)C)n1. The first kappa shape index (κ1) is 14.5. The molecule has 2 aromatic rings. The second kappa shape index (κ2) is 6.06. The van der Waals surface area contributed by atoms with Gasteiger partial charge >= 0.3 is 0 Å². The van der Waals surface area contributed by atoms with Crippen LogP contribution in [0.25, 0.3) is 0 Å². The van der Waals surface area contributed by atoms with Crippen molar-refractivity contribution in [3.8, 4) is 17.7 Å². The van der Waals surface area contributed by atoms with Gasteiger partial charge in [0.15, 0.2) is 0 Å². The maximum atomic E-state index is 9.13. The summed E-state index contributed by atoms with van der Waals surface area (Å²) in [6.45, 7) is 6.08. The topological polar surface area (TPSA) is 45.9 Å². The molecule has 0 aliphatic heterocycles. The minimum atomic E-state index is 0.317. The van der Waals surface area contributed by atoms with Crippen LogP contribution in [0.1, 0.15) is 36.6 Å². The Morgan fingerprint density at radius 3 is 2.65 bits per heavy atom. The van der Waals surface area contributed by atoms with E-state index in [4.69, 9.17) is 10.00 Å². The van der Waals surface area contributed by atoms with E-state index in [0.29, 0.717) is 17.4 Å². The van der Waals surface area contributed by atoms with Crippen LogP contribution in [0.2, 0.25) is 0 Å². The largest absolute Gasteiger partial charge is 0.437 e. The first-order valence-corrected chi connectivity index (χ1v) is 7.15. The number of aryl methyl sites for hydroxylation is 1. The number of halogens is 1. The lowest BCUT2D eigenvalue weighted by Gasteiger charge is -2.14. The summed E-state index contributed by atoms with van der Waals surface area (Å²) in [7, 11) is 0. The van der Waals surface area contributed by atoms with Crippen molar-refractivity contribution in [2.45, 2.75) is 26.7 Å². The van der Waals surface area contributed by atoms with Crippen LogP contribution in [-0.2, 0) is 0 Å². The van der Waals surface area contributed by atoms with Gasteiger partial charge in [0.2, 0.25) is 5.88 Å². The first-order chi connectivity index (χ1) is 9.51. The zero-order chi connectivity index (χ0) is 14.7. The van der Waals surface area contributed by atoms with Crippen LogP contribution in [0.5, 0.6) is 11.6 Å². The Labute approximate surface area is 127 Å². The molecule has 0 aliphatic rings. The molecule has 3 nitrogen and oxygen atoms in total. The lowest BCUT2D eigenvalue weighted by molar-refractivity contribution is 0.451. The van der Waals surface area contributed by atoms with Crippen LogP contribution in [-0.4, -0.2) is 4.98 Å². The predicted molar refractivity (Wildman–Crippen MR) is 82.0 cm³/mol. The van der Waals surface area contributed by atoms with E-state index in [-0.39, 0.29) is 0 Å². The van der Waals surface area contributed by atoms with Gasteiger partial charge in [-0.15, -0.1) is 0 Å².